The van der Waals surface area contributed by atoms with Gasteiger partial charge in [0.1, 0.15) is 11.7 Å². The number of pyridine rings is 1. The Labute approximate surface area is 269 Å². The Bertz CT molecular complexity index is 1480. The molecule has 2 aromatic carbocycles. The van der Waals surface area contributed by atoms with Crippen molar-refractivity contribution in [2.45, 2.75) is 51.3 Å². The number of nitrogens with one attached hydrogen (secondary N) is 2. The molecule has 246 valence electrons. The van der Waals surface area contributed by atoms with Gasteiger partial charge < -0.3 is 36.0 Å². The maximum atomic E-state index is 13.7. The molecule has 0 radical (unpaired) electrons. The van der Waals surface area contributed by atoms with E-state index in [0.717, 1.165) is 17.4 Å². The molecule has 2 unspecified atom stereocenters. The third-order valence-electron chi connectivity index (χ3n) is 7.88. The van der Waals surface area contributed by atoms with Gasteiger partial charge in [-0.1, -0.05) is 68.4 Å². The number of primary amides is 1. The zero-order chi connectivity index (χ0) is 33.1. The van der Waals surface area contributed by atoms with Crippen LogP contribution in [0.2, 0.25) is 0 Å². The topological polar surface area (TPSA) is 167 Å². The molecule has 1 fully saturated rings. The molecule has 0 saturated carbocycles. The third-order valence-corrected chi connectivity index (χ3v) is 7.88. The van der Waals surface area contributed by atoms with Crippen molar-refractivity contribution in [2.24, 2.45) is 11.7 Å². The van der Waals surface area contributed by atoms with Crippen LogP contribution in [0.5, 0.6) is 0 Å². The summed E-state index contributed by atoms with van der Waals surface area (Å²) in [6, 6.07) is 17.5. The Morgan fingerprint density at radius 2 is 1.67 bits per heavy atom. The van der Waals surface area contributed by atoms with Gasteiger partial charge in [-0.05, 0) is 36.5 Å². The molecule has 46 heavy (non-hydrogen) atoms. The van der Waals surface area contributed by atoms with Gasteiger partial charge >= 0.3 is 6.03 Å². The fourth-order valence-electron chi connectivity index (χ4n) is 5.26. The number of ether oxygens (including phenoxy) is 1. The number of para-hydroxylation sites is 1. The molecule has 3 aromatic rings. The quantitative estimate of drug-likeness (QED) is 0.211. The molecule has 1 aliphatic heterocycles. The van der Waals surface area contributed by atoms with E-state index in [0.29, 0.717) is 44.3 Å². The summed E-state index contributed by atoms with van der Waals surface area (Å²) in [5.74, 6) is -1.81. The van der Waals surface area contributed by atoms with E-state index in [-0.39, 0.29) is 24.7 Å². The minimum atomic E-state index is -1.32. The highest BCUT2D eigenvalue weighted by atomic mass is 16.5. The summed E-state index contributed by atoms with van der Waals surface area (Å²) >= 11 is 0. The summed E-state index contributed by atoms with van der Waals surface area (Å²) in [6.45, 7) is 6.32. The van der Waals surface area contributed by atoms with Gasteiger partial charge in [0, 0.05) is 25.0 Å². The fourth-order valence-corrected chi connectivity index (χ4v) is 5.26. The highest BCUT2D eigenvalue weighted by Gasteiger charge is 2.32. The maximum absolute atomic E-state index is 13.7. The Morgan fingerprint density at radius 3 is 2.37 bits per heavy atom. The third kappa shape index (κ3) is 9.98. The van der Waals surface area contributed by atoms with Gasteiger partial charge in [-0.3, -0.25) is 14.4 Å². The van der Waals surface area contributed by atoms with Crippen LogP contribution in [0.3, 0.4) is 0 Å². The van der Waals surface area contributed by atoms with Gasteiger partial charge in [0.25, 0.3) is 5.91 Å². The maximum Gasteiger partial charge on any atom is 0.320 e. The lowest BCUT2D eigenvalue weighted by atomic mass is 9.99. The van der Waals surface area contributed by atoms with Crippen LogP contribution in [-0.4, -0.2) is 101 Å². The molecule has 1 aromatic heterocycles. The van der Waals surface area contributed by atoms with E-state index in [1.54, 1.807) is 28.0 Å². The number of rotatable bonds is 14. The number of nitrogens with two attached hydrogens (primary N) is 1. The predicted octanol–water partition coefficient (Wildman–Crippen LogP) is 2.10. The minimum absolute atomic E-state index is 0.0332. The number of aromatic nitrogens is 1. The van der Waals surface area contributed by atoms with Crippen molar-refractivity contribution in [2.75, 3.05) is 39.4 Å². The number of aliphatic hydroxyl groups excluding tert-OH is 1. The lowest BCUT2D eigenvalue weighted by Gasteiger charge is -2.36. The van der Waals surface area contributed by atoms with Gasteiger partial charge in [-0.2, -0.15) is 0 Å². The first kappa shape index (κ1) is 34.3. The van der Waals surface area contributed by atoms with E-state index >= 15 is 0 Å². The second kappa shape index (κ2) is 16.7. The number of hydrogen-bond donors (Lipinski definition) is 4. The molecular formula is C34H44N6O6. The van der Waals surface area contributed by atoms with Crippen molar-refractivity contribution in [3.8, 4) is 0 Å². The molecule has 5 amide bonds. The van der Waals surface area contributed by atoms with Gasteiger partial charge in [0.2, 0.25) is 11.8 Å². The fraction of sp³-hybridized carbons (Fsp3) is 0.441. The monoisotopic (exact) mass is 632 g/mol. The van der Waals surface area contributed by atoms with E-state index < -0.39 is 42.3 Å². The standard InChI is InChI=1S/C34H44N6O6/c1-23(2)14-15-40(34(45)39-16-18-46-19-17-39)22-30(41)28(20-24-8-4-3-5-9-24)37-33(44)29(21-31(35)42)38-32(43)27-13-12-25-10-6-7-11-26(25)36-27/h3-13,23,28-30,41H,14-22H2,1-2H3,(H2,35,42)(H,37,44)(H,38,43)/t28-,29?,30?/m0/s1. The first-order valence-corrected chi connectivity index (χ1v) is 15.7. The van der Waals surface area contributed by atoms with Crippen molar-refractivity contribution in [1.82, 2.24) is 25.4 Å². The number of aliphatic hydroxyl groups is 1. The summed E-state index contributed by atoms with van der Waals surface area (Å²) in [5.41, 5.74) is 6.99. The number of benzene rings is 2. The van der Waals surface area contributed by atoms with Crippen LogP contribution >= 0.6 is 0 Å². The molecule has 5 N–H and O–H groups in total. The van der Waals surface area contributed by atoms with Crippen LogP contribution in [0.1, 0.15) is 42.7 Å². The molecule has 2 heterocycles. The molecule has 12 heteroatoms. The highest BCUT2D eigenvalue weighted by molar-refractivity contribution is 5.99. The smallest absolute Gasteiger partial charge is 0.320 e. The van der Waals surface area contributed by atoms with Gasteiger partial charge in [0.05, 0.1) is 43.8 Å². The van der Waals surface area contributed by atoms with Crippen molar-refractivity contribution in [3.05, 3.63) is 78.0 Å². The number of morpholine rings is 1. The van der Waals surface area contributed by atoms with Crippen molar-refractivity contribution < 1.29 is 29.0 Å². The van der Waals surface area contributed by atoms with Crippen molar-refractivity contribution >= 4 is 34.7 Å². The van der Waals surface area contributed by atoms with E-state index in [1.165, 1.54) is 6.07 Å². The van der Waals surface area contributed by atoms with Gasteiger partial charge in [0.15, 0.2) is 0 Å². The van der Waals surface area contributed by atoms with E-state index in [2.05, 4.69) is 29.5 Å². The van der Waals surface area contributed by atoms with Crippen molar-refractivity contribution in [1.29, 1.82) is 0 Å². The van der Waals surface area contributed by atoms with Crippen LogP contribution in [0.15, 0.2) is 66.7 Å². The molecule has 0 spiro atoms. The molecule has 3 atom stereocenters. The van der Waals surface area contributed by atoms with E-state index in [9.17, 15) is 24.3 Å². The van der Waals surface area contributed by atoms with Gasteiger partial charge in [-0.25, -0.2) is 9.78 Å². The highest BCUT2D eigenvalue weighted by Crippen LogP contribution is 2.15. The second-order valence-electron chi connectivity index (χ2n) is 12.0. The normalized spacial score (nSPS) is 15.2. The SMILES string of the molecule is CC(C)CCN(CC(O)[C@H](Cc1ccccc1)NC(=O)C(CC(N)=O)NC(=O)c1ccc2ccccc2n1)C(=O)N1CCOCC1. The van der Waals surface area contributed by atoms with Crippen LogP contribution in [-0.2, 0) is 20.7 Å². The molecule has 0 aliphatic carbocycles. The average molecular weight is 633 g/mol. The Morgan fingerprint density at radius 1 is 0.978 bits per heavy atom. The number of urea groups is 1. The Kier molecular flexibility index (Phi) is 12.4. The molecule has 0 bridgehead atoms. The minimum Gasteiger partial charge on any atom is -0.389 e. The first-order valence-electron chi connectivity index (χ1n) is 15.7. The van der Waals surface area contributed by atoms with E-state index in [4.69, 9.17) is 10.5 Å². The number of carbonyl (C=O) groups excluding carboxylic acids is 4. The number of amides is 5. The number of nitrogens with zero attached hydrogens (tertiary/aromatic N) is 3. The zero-order valence-electron chi connectivity index (χ0n) is 26.4. The van der Waals surface area contributed by atoms with E-state index in [1.807, 2.05) is 42.5 Å². The summed E-state index contributed by atoms with van der Waals surface area (Å²) < 4.78 is 5.41. The molecular weight excluding hydrogens is 588 g/mol. The number of fused-ring (bicyclic) bond motifs is 1. The van der Waals surface area contributed by atoms with Gasteiger partial charge in [-0.15, -0.1) is 0 Å². The summed E-state index contributed by atoms with van der Waals surface area (Å²) in [4.78, 5) is 60.1. The van der Waals surface area contributed by atoms with Crippen LogP contribution in [0.4, 0.5) is 4.79 Å². The average Bonchev–Trinajstić information content (AvgIpc) is 3.05. The summed E-state index contributed by atoms with van der Waals surface area (Å²) in [6.07, 6.45) is -0.668. The molecule has 1 saturated heterocycles. The van der Waals surface area contributed by atoms with Crippen LogP contribution < -0.4 is 16.4 Å². The number of carbonyl (C=O) groups is 4. The Balaban J connectivity index is 1.53. The first-order chi connectivity index (χ1) is 22.1. The summed E-state index contributed by atoms with van der Waals surface area (Å²) in [7, 11) is 0. The molecule has 4 rings (SSSR count). The second-order valence-corrected chi connectivity index (χ2v) is 12.0. The largest absolute Gasteiger partial charge is 0.389 e. The zero-order valence-corrected chi connectivity index (χ0v) is 26.4. The molecule has 12 nitrogen and oxygen atoms in total. The lowest BCUT2D eigenvalue weighted by molar-refractivity contribution is -0.128. The summed E-state index contributed by atoms with van der Waals surface area (Å²) in [5, 5.41) is 17.9. The van der Waals surface area contributed by atoms with Crippen LogP contribution in [0, 0.1) is 5.92 Å². The Hall–Kier alpha value is -4.55. The lowest BCUT2D eigenvalue weighted by Crippen LogP contribution is -2.57. The number of hydrogen-bond acceptors (Lipinski definition) is 7. The molecule has 1 aliphatic rings. The van der Waals surface area contributed by atoms with Crippen LogP contribution in [0.25, 0.3) is 10.9 Å². The van der Waals surface area contributed by atoms with Crippen molar-refractivity contribution in [3.63, 3.8) is 0 Å². The predicted molar refractivity (Wildman–Crippen MR) is 174 cm³/mol.